The first-order valence-electron chi connectivity index (χ1n) is 8.65. The average molecular weight is 415 g/mol. The third kappa shape index (κ3) is 3.93. The number of anilines is 1. The Hall–Kier alpha value is -3.95. The molecule has 0 bridgehead atoms. The number of benzene rings is 2. The lowest BCUT2D eigenvalue weighted by Crippen LogP contribution is -2.13. The molecule has 0 saturated heterocycles. The van der Waals surface area contributed by atoms with E-state index in [9.17, 15) is 22.4 Å². The van der Waals surface area contributed by atoms with Gasteiger partial charge in [-0.3, -0.25) is 9.89 Å². The van der Waals surface area contributed by atoms with Crippen LogP contribution in [-0.4, -0.2) is 25.9 Å². The van der Waals surface area contributed by atoms with Crippen LogP contribution in [0.5, 0.6) is 0 Å². The first-order chi connectivity index (χ1) is 14.3. The molecule has 0 atom stereocenters. The Morgan fingerprint density at radius 2 is 1.83 bits per heavy atom. The van der Waals surface area contributed by atoms with Crippen LogP contribution in [-0.2, 0) is 6.18 Å². The molecule has 0 aliphatic carbocycles. The van der Waals surface area contributed by atoms with Gasteiger partial charge in [0.2, 0.25) is 0 Å². The molecule has 10 heteroatoms. The molecule has 2 aromatic carbocycles. The molecule has 2 N–H and O–H groups in total. The van der Waals surface area contributed by atoms with Crippen molar-refractivity contribution in [1.29, 1.82) is 0 Å². The molecule has 0 spiro atoms. The molecule has 1 amide bonds. The first kappa shape index (κ1) is 19.4. The summed E-state index contributed by atoms with van der Waals surface area (Å²) >= 11 is 0. The minimum absolute atomic E-state index is 0.142. The van der Waals surface area contributed by atoms with Crippen LogP contribution in [0.1, 0.15) is 15.9 Å². The second-order valence-electron chi connectivity index (χ2n) is 6.31. The Labute approximate surface area is 167 Å². The lowest BCUT2D eigenvalue weighted by atomic mass is 10.1. The first-order valence-corrected chi connectivity index (χ1v) is 8.65. The van der Waals surface area contributed by atoms with Crippen molar-refractivity contribution in [2.24, 2.45) is 0 Å². The SMILES string of the molecule is O=C(Nc1ccn(-c2cccc(C(F)(F)F)c2)n1)c1cn[nH]c1-c1ccc(F)cc1. The van der Waals surface area contributed by atoms with Gasteiger partial charge in [-0.2, -0.15) is 23.4 Å². The highest BCUT2D eigenvalue weighted by Gasteiger charge is 2.30. The van der Waals surface area contributed by atoms with Gasteiger partial charge >= 0.3 is 6.18 Å². The number of nitrogens with zero attached hydrogens (tertiary/aromatic N) is 3. The second-order valence-corrected chi connectivity index (χ2v) is 6.31. The Balaban J connectivity index is 1.55. The Morgan fingerprint density at radius 1 is 1.07 bits per heavy atom. The molecule has 0 radical (unpaired) electrons. The number of hydrogen-bond acceptors (Lipinski definition) is 3. The van der Waals surface area contributed by atoms with Crippen LogP contribution in [0.3, 0.4) is 0 Å². The summed E-state index contributed by atoms with van der Waals surface area (Å²) in [6.45, 7) is 0. The zero-order valence-electron chi connectivity index (χ0n) is 15.1. The summed E-state index contributed by atoms with van der Waals surface area (Å²) in [5.74, 6) is -0.801. The summed E-state index contributed by atoms with van der Waals surface area (Å²) in [7, 11) is 0. The summed E-state index contributed by atoms with van der Waals surface area (Å²) < 4.78 is 53.1. The Bertz CT molecular complexity index is 1190. The van der Waals surface area contributed by atoms with E-state index in [1.165, 1.54) is 59.5 Å². The van der Waals surface area contributed by atoms with Crippen molar-refractivity contribution >= 4 is 11.7 Å². The summed E-state index contributed by atoms with van der Waals surface area (Å²) in [6, 6.07) is 11.6. The molecule has 4 rings (SSSR count). The molecule has 0 fully saturated rings. The van der Waals surface area contributed by atoms with E-state index in [1.54, 1.807) is 0 Å². The molecule has 0 unspecified atom stereocenters. The van der Waals surface area contributed by atoms with E-state index in [1.807, 2.05) is 0 Å². The number of rotatable bonds is 4. The van der Waals surface area contributed by atoms with Gasteiger partial charge in [0, 0.05) is 17.8 Å². The monoisotopic (exact) mass is 415 g/mol. The summed E-state index contributed by atoms with van der Waals surface area (Å²) in [5.41, 5.74) is 0.553. The van der Waals surface area contributed by atoms with Gasteiger partial charge in [-0.05, 0) is 42.5 Å². The number of nitrogens with one attached hydrogen (secondary N) is 2. The van der Waals surface area contributed by atoms with Crippen molar-refractivity contribution < 1.29 is 22.4 Å². The lowest BCUT2D eigenvalue weighted by molar-refractivity contribution is -0.137. The minimum Gasteiger partial charge on any atom is -0.305 e. The van der Waals surface area contributed by atoms with Crippen LogP contribution >= 0.6 is 0 Å². The van der Waals surface area contributed by atoms with Crippen LogP contribution in [0.25, 0.3) is 16.9 Å². The molecule has 4 aromatic rings. The molecule has 152 valence electrons. The van der Waals surface area contributed by atoms with Gasteiger partial charge in [0.1, 0.15) is 5.82 Å². The standard InChI is InChI=1S/C20H13F4N5O/c21-14-6-4-12(5-7-14)18-16(11-25-27-18)19(30)26-17-8-9-29(28-17)15-3-1-2-13(10-15)20(22,23)24/h1-11H,(H,25,27)(H,26,28,30). The topological polar surface area (TPSA) is 75.6 Å². The van der Waals surface area contributed by atoms with Gasteiger partial charge in [0.05, 0.1) is 28.7 Å². The highest BCUT2D eigenvalue weighted by atomic mass is 19.4. The lowest BCUT2D eigenvalue weighted by Gasteiger charge is -2.08. The third-order valence-corrected chi connectivity index (χ3v) is 4.29. The number of carbonyl (C=O) groups excluding carboxylic acids is 1. The van der Waals surface area contributed by atoms with Crippen molar-refractivity contribution in [2.45, 2.75) is 6.18 Å². The van der Waals surface area contributed by atoms with Crippen LogP contribution < -0.4 is 5.32 Å². The number of hydrogen-bond donors (Lipinski definition) is 2. The fourth-order valence-corrected chi connectivity index (χ4v) is 2.84. The van der Waals surface area contributed by atoms with E-state index in [-0.39, 0.29) is 17.1 Å². The zero-order valence-corrected chi connectivity index (χ0v) is 15.1. The maximum absolute atomic E-state index is 13.1. The van der Waals surface area contributed by atoms with Crippen molar-refractivity contribution in [3.05, 3.63) is 83.9 Å². The van der Waals surface area contributed by atoms with Gasteiger partial charge in [0.15, 0.2) is 5.82 Å². The molecule has 30 heavy (non-hydrogen) atoms. The van der Waals surface area contributed by atoms with E-state index in [4.69, 9.17) is 0 Å². The quantitative estimate of drug-likeness (QED) is 0.476. The number of aromatic amines is 1. The summed E-state index contributed by atoms with van der Waals surface area (Å²) in [4.78, 5) is 12.6. The molecule has 0 saturated carbocycles. The normalized spacial score (nSPS) is 11.5. The highest BCUT2D eigenvalue weighted by Crippen LogP contribution is 2.30. The second kappa shape index (κ2) is 7.47. The number of H-pyrrole nitrogens is 1. The van der Waals surface area contributed by atoms with E-state index in [0.717, 1.165) is 12.1 Å². The predicted molar refractivity (Wildman–Crippen MR) is 101 cm³/mol. The smallest absolute Gasteiger partial charge is 0.305 e. The van der Waals surface area contributed by atoms with Crippen molar-refractivity contribution in [1.82, 2.24) is 20.0 Å². The van der Waals surface area contributed by atoms with Crippen LogP contribution in [0.2, 0.25) is 0 Å². The number of halogens is 4. The molecule has 2 aromatic heterocycles. The maximum Gasteiger partial charge on any atom is 0.416 e. The van der Waals surface area contributed by atoms with Crippen LogP contribution in [0.4, 0.5) is 23.4 Å². The van der Waals surface area contributed by atoms with E-state index < -0.39 is 23.5 Å². The number of aromatic nitrogens is 4. The van der Waals surface area contributed by atoms with Gasteiger partial charge in [-0.1, -0.05) is 6.07 Å². The van der Waals surface area contributed by atoms with Crippen molar-refractivity contribution in [3.63, 3.8) is 0 Å². The van der Waals surface area contributed by atoms with Crippen molar-refractivity contribution in [3.8, 4) is 16.9 Å². The molecule has 6 nitrogen and oxygen atoms in total. The van der Waals surface area contributed by atoms with Gasteiger partial charge in [-0.25, -0.2) is 9.07 Å². The van der Waals surface area contributed by atoms with E-state index in [0.29, 0.717) is 11.3 Å². The van der Waals surface area contributed by atoms with E-state index >= 15 is 0 Å². The molecular formula is C20H13F4N5O. The fourth-order valence-electron chi connectivity index (χ4n) is 2.84. The Kier molecular flexibility index (Phi) is 4.82. The summed E-state index contributed by atoms with van der Waals surface area (Å²) in [5, 5.41) is 13.2. The Morgan fingerprint density at radius 3 is 2.57 bits per heavy atom. The van der Waals surface area contributed by atoms with Gasteiger partial charge in [0.25, 0.3) is 5.91 Å². The van der Waals surface area contributed by atoms with Crippen LogP contribution in [0.15, 0.2) is 67.0 Å². The molecule has 2 heterocycles. The summed E-state index contributed by atoms with van der Waals surface area (Å²) in [6.07, 6.45) is -1.72. The number of carbonyl (C=O) groups is 1. The molecule has 0 aliphatic heterocycles. The van der Waals surface area contributed by atoms with Gasteiger partial charge < -0.3 is 5.32 Å². The van der Waals surface area contributed by atoms with Gasteiger partial charge in [-0.15, -0.1) is 0 Å². The van der Waals surface area contributed by atoms with E-state index in [2.05, 4.69) is 20.6 Å². The molecule has 0 aliphatic rings. The average Bonchev–Trinajstić information content (AvgIpc) is 3.38. The largest absolute Gasteiger partial charge is 0.416 e. The number of amides is 1. The zero-order chi connectivity index (χ0) is 21.3. The maximum atomic E-state index is 13.1. The fraction of sp³-hybridized carbons (Fsp3) is 0.0500. The highest BCUT2D eigenvalue weighted by molar-refractivity contribution is 6.07. The predicted octanol–water partition coefficient (Wildman–Crippen LogP) is 4.67. The van der Waals surface area contributed by atoms with Crippen molar-refractivity contribution in [2.75, 3.05) is 5.32 Å². The minimum atomic E-state index is -4.47. The molecular weight excluding hydrogens is 402 g/mol. The number of alkyl halides is 3. The van der Waals surface area contributed by atoms with Crippen LogP contribution in [0, 0.1) is 5.82 Å². The third-order valence-electron chi connectivity index (χ3n) is 4.29.